The molecule has 0 amide bonds. The fraction of sp³-hybridized carbons (Fsp3) is 0.120. The van der Waals surface area contributed by atoms with E-state index >= 15 is 0 Å². The molecule has 2 N–H and O–H groups in total. The number of carbonyl (C=O) groups is 1. The summed E-state index contributed by atoms with van der Waals surface area (Å²) in [5.74, 6) is -1.67. The first-order chi connectivity index (χ1) is 16.6. The van der Waals surface area contributed by atoms with Crippen LogP contribution < -0.4 is 0 Å². The molecule has 5 aromatic rings. The monoisotopic (exact) mass is 483 g/mol. The Kier molecular flexibility index (Phi) is 5.13. The molecule has 3 aromatic carbocycles. The third-order valence-corrected chi connectivity index (χ3v) is 5.95. The van der Waals surface area contributed by atoms with Gasteiger partial charge in [-0.3, -0.25) is 4.79 Å². The molecule has 2 aromatic heterocycles. The number of hydrogen-bond donors (Lipinski definition) is 2. The van der Waals surface area contributed by atoms with Crippen LogP contribution in [0.4, 0.5) is 17.6 Å². The second-order valence-corrected chi connectivity index (χ2v) is 8.10. The number of benzene rings is 3. The fourth-order valence-corrected chi connectivity index (χ4v) is 4.33. The minimum Gasteiger partial charge on any atom is -0.480 e. The number of carboxylic acids is 1. The molecule has 1 unspecified atom stereocenters. The molecule has 0 fully saturated rings. The molecular weight excluding hydrogens is 466 g/mol. The van der Waals surface area contributed by atoms with Crippen molar-refractivity contribution in [2.24, 2.45) is 0 Å². The largest absolute Gasteiger partial charge is 0.480 e. The van der Waals surface area contributed by atoms with Gasteiger partial charge in [0.05, 0.1) is 17.4 Å². The Morgan fingerprint density at radius 2 is 1.69 bits per heavy atom. The molecule has 35 heavy (non-hydrogen) atoms. The SMILES string of the molecule is O=C(O)Cn1cc(C(O)(c2ccc3c(cnn3-c3ccc(F)cc3)c2)C(F)(F)F)c2ccccc21. The second kappa shape index (κ2) is 7.95. The third-order valence-electron chi connectivity index (χ3n) is 5.95. The summed E-state index contributed by atoms with van der Waals surface area (Å²) in [5, 5.41) is 25.1. The zero-order valence-corrected chi connectivity index (χ0v) is 17.9. The van der Waals surface area contributed by atoms with Gasteiger partial charge in [0, 0.05) is 28.0 Å². The van der Waals surface area contributed by atoms with Crippen molar-refractivity contribution in [3.63, 3.8) is 0 Å². The molecule has 0 saturated heterocycles. The van der Waals surface area contributed by atoms with Crippen molar-refractivity contribution in [2.45, 2.75) is 18.3 Å². The van der Waals surface area contributed by atoms with Crippen molar-refractivity contribution in [3.8, 4) is 5.69 Å². The first-order valence-electron chi connectivity index (χ1n) is 10.4. The van der Waals surface area contributed by atoms with Gasteiger partial charge in [0.2, 0.25) is 5.60 Å². The van der Waals surface area contributed by atoms with Crippen LogP contribution in [0.3, 0.4) is 0 Å². The van der Waals surface area contributed by atoms with E-state index in [1.165, 1.54) is 65.5 Å². The number of halogens is 4. The van der Waals surface area contributed by atoms with Crippen molar-refractivity contribution in [2.75, 3.05) is 0 Å². The molecule has 10 heteroatoms. The molecule has 5 rings (SSSR count). The maximum absolute atomic E-state index is 14.6. The highest BCUT2D eigenvalue weighted by atomic mass is 19.4. The van der Waals surface area contributed by atoms with Crippen LogP contribution in [0.25, 0.3) is 27.5 Å². The zero-order valence-electron chi connectivity index (χ0n) is 17.9. The van der Waals surface area contributed by atoms with E-state index < -0.39 is 41.2 Å². The number of alkyl halides is 3. The van der Waals surface area contributed by atoms with Gasteiger partial charge in [-0.05, 0) is 48.0 Å². The predicted molar refractivity (Wildman–Crippen MR) is 120 cm³/mol. The van der Waals surface area contributed by atoms with Gasteiger partial charge in [0.15, 0.2) is 0 Å². The molecule has 0 radical (unpaired) electrons. The van der Waals surface area contributed by atoms with Crippen LogP contribution >= 0.6 is 0 Å². The van der Waals surface area contributed by atoms with E-state index in [1.54, 1.807) is 6.07 Å². The maximum atomic E-state index is 14.6. The molecule has 0 aliphatic carbocycles. The second-order valence-electron chi connectivity index (χ2n) is 8.10. The van der Waals surface area contributed by atoms with Gasteiger partial charge in [-0.25, -0.2) is 9.07 Å². The van der Waals surface area contributed by atoms with Crippen LogP contribution in [0.15, 0.2) is 79.1 Å². The van der Waals surface area contributed by atoms with E-state index in [0.717, 1.165) is 16.8 Å². The van der Waals surface area contributed by atoms with Crippen molar-refractivity contribution >= 4 is 27.8 Å². The fourth-order valence-electron chi connectivity index (χ4n) is 4.33. The molecule has 0 saturated carbocycles. The number of aromatic nitrogens is 3. The number of nitrogens with zero attached hydrogens (tertiary/aromatic N) is 3. The molecule has 1 atom stereocenters. The molecule has 6 nitrogen and oxygen atoms in total. The van der Waals surface area contributed by atoms with Gasteiger partial charge < -0.3 is 14.8 Å². The zero-order chi connectivity index (χ0) is 25.0. The molecule has 178 valence electrons. The summed E-state index contributed by atoms with van der Waals surface area (Å²) < 4.78 is 59.5. The summed E-state index contributed by atoms with van der Waals surface area (Å²) >= 11 is 0. The van der Waals surface area contributed by atoms with Crippen molar-refractivity contribution in [3.05, 3.63) is 96.1 Å². The Hall–Kier alpha value is -4.18. The lowest BCUT2D eigenvalue weighted by Gasteiger charge is -2.31. The first-order valence-corrected chi connectivity index (χ1v) is 10.4. The summed E-state index contributed by atoms with van der Waals surface area (Å²) in [6.07, 6.45) is -2.75. The summed E-state index contributed by atoms with van der Waals surface area (Å²) in [4.78, 5) is 11.3. The average Bonchev–Trinajstić information content (AvgIpc) is 3.40. The lowest BCUT2D eigenvalue weighted by Crippen LogP contribution is -2.43. The minimum absolute atomic E-state index is 0.0793. The number of rotatable bonds is 5. The molecular formula is C25H17F4N3O3. The first kappa shape index (κ1) is 22.6. The number of hydrogen-bond acceptors (Lipinski definition) is 3. The van der Waals surface area contributed by atoms with Gasteiger partial charge in [-0.2, -0.15) is 18.3 Å². The molecule has 0 bridgehead atoms. The highest BCUT2D eigenvalue weighted by molar-refractivity contribution is 5.88. The summed E-state index contributed by atoms with van der Waals surface area (Å²) in [5.41, 5.74) is -3.14. The maximum Gasteiger partial charge on any atom is 0.425 e. The molecule has 0 aliphatic rings. The van der Waals surface area contributed by atoms with E-state index in [-0.39, 0.29) is 10.9 Å². The molecule has 2 heterocycles. The van der Waals surface area contributed by atoms with E-state index in [2.05, 4.69) is 5.10 Å². The number of carboxylic acid groups (broad SMARTS) is 1. The Morgan fingerprint density at radius 1 is 0.971 bits per heavy atom. The molecule has 0 spiro atoms. The van der Waals surface area contributed by atoms with Gasteiger partial charge in [0.1, 0.15) is 12.4 Å². The predicted octanol–water partition coefficient (Wildman–Crippen LogP) is 5.00. The van der Waals surface area contributed by atoms with Crippen LogP contribution in [-0.2, 0) is 16.9 Å². The molecule has 0 aliphatic heterocycles. The normalized spacial score (nSPS) is 13.9. The number of para-hydroxylation sites is 1. The average molecular weight is 483 g/mol. The van der Waals surface area contributed by atoms with E-state index in [0.29, 0.717) is 16.6 Å². The van der Waals surface area contributed by atoms with Crippen LogP contribution in [-0.4, -0.2) is 36.7 Å². The Morgan fingerprint density at radius 3 is 2.37 bits per heavy atom. The Labute approximate surface area is 195 Å². The van der Waals surface area contributed by atoms with Crippen molar-refractivity contribution in [1.82, 2.24) is 14.3 Å². The number of aliphatic carboxylic acids is 1. The van der Waals surface area contributed by atoms with Crippen LogP contribution in [0.2, 0.25) is 0 Å². The summed E-state index contributed by atoms with van der Waals surface area (Å²) in [7, 11) is 0. The van der Waals surface area contributed by atoms with E-state index in [4.69, 9.17) is 0 Å². The van der Waals surface area contributed by atoms with Gasteiger partial charge >= 0.3 is 12.1 Å². The summed E-state index contributed by atoms with van der Waals surface area (Å²) in [6, 6.07) is 15.2. The standard InChI is InChI=1S/C25H17F4N3O3/c26-17-6-8-18(9-7-17)32-21-10-5-16(11-15(21)12-30-32)24(35,25(27,28)29)20-13-31(14-23(33)34)22-4-2-1-3-19(20)22/h1-13,35H,14H2,(H,33,34). The van der Waals surface area contributed by atoms with E-state index in [1.807, 2.05) is 0 Å². The summed E-state index contributed by atoms with van der Waals surface area (Å²) in [6.45, 7) is -0.572. The minimum atomic E-state index is -5.13. The highest BCUT2D eigenvalue weighted by Gasteiger charge is 2.57. The lowest BCUT2D eigenvalue weighted by atomic mass is 9.85. The van der Waals surface area contributed by atoms with Crippen LogP contribution in [0.5, 0.6) is 0 Å². The van der Waals surface area contributed by atoms with Crippen LogP contribution in [0, 0.1) is 5.82 Å². The lowest BCUT2D eigenvalue weighted by molar-refractivity contribution is -0.247. The topological polar surface area (TPSA) is 80.3 Å². The van der Waals surface area contributed by atoms with Crippen LogP contribution in [0.1, 0.15) is 11.1 Å². The van der Waals surface area contributed by atoms with Gasteiger partial charge in [-0.15, -0.1) is 0 Å². The Balaban J connectivity index is 1.70. The smallest absolute Gasteiger partial charge is 0.425 e. The quantitative estimate of drug-likeness (QED) is 0.345. The van der Waals surface area contributed by atoms with Gasteiger partial charge in [0.25, 0.3) is 0 Å². The Bertz CT molecular complexity index is 1570. The number of fused-ring (bicyclic) bond motifs is 2. The number of aliphatic hydroxyl groups is 1. The third kappa shape index (κ3) is 3.62. The van der Waals surface area contributed by atoms with E-state index in [9.17, 15) is 32.6 Å². The van der Waals surface area contributed by atoms with Crippen molar-refractivity contribution in [1.29, 1.82) is 0 Å². The highest BCUT2D eigenvalue weighted by Crippen LogP contribution is 2.47. The van der Waals surface area contributed by atoms with Gasteiger partial charge in [-0.1, -0.05) is 24.3 Å². The van der Waals surface area contributed by atoms with Crippen molar-refractivity contribution < 1.29 is 32.6 Å².